The van der Waals surface area contributed by atoms with Crippen LogP contribution in [0.5, 0.6) is 11.5 Å². The van der Waals surface area contributed by atoms with Crippen LogP contribution in [0, 0.1) is 24.7 Å². The molecule has 8 aliphatic rings. The number of likely N-dealkylation sites (tertiary alicyclic amines) is 2. The molecule has 0 saturated carbocycles. The number of hydrogen-bond acceptors (Lipinski definition) is 8. The van der Waals surface area contributed by atoms with Gasteiger partial charge in [-0.2, -0.15) is 0 Å². The Morgan fingerprint density at radius 3 is 1.58 bits per heavy atom. The SMILES string of the molecule is CC.CC.CNc1c2c(nc3ccccc13)[C@@H]1Oc3c(C)ccc4c3[C@@]13CCN(C)[C@H](C4)[C@]3(C)C2.Cc1ccc2c3c1O[C@H]1c4nc5ccccc5c(N)c4C[C@@]4(C)[C@@H](C2)N(C)CC[C@]314. The minimum Gasteiger partial charge on any atom is -0.483 e. The number of rotatable bonds is 1. The largest absolute Gasteiger partial charge is 0.483 e. The Morgan fingerprint density at radius 1 is 0.631 bits per heavy atom. The lowest BCUT2D eigenvalue weighted by molar-refractivity contribution is -0.0908. The molecule has 0 radical (unpaired) electrons. The van der Waals surface area contributed by atoms with Gasteiger partial charge < -0.3 is 30.3 Å². The molecule has 0 amide bonds. The van der Waals surface area contributed by atoms with Crippen LogP contribution in [0.25, 0.3) is 21.8 Å². The summed E-state index contributed by atoms with van der Waals surface area (Å²) in [6.45, 7) is 19.7. The van der Waals surface area contributed by atoms with Crippen molar-refractivity contribution in [2.75, 3.05) is 45.3 Å². The van der Waals surface area contributed by atoms with E-state index in [-0.39, 0.29) is 33.9 Å². The summed E-state index contributed by atoms with van der Waals surface area (Å²) in [7, 11) is 6.67. The molecule has 8 nitrogen and oxygen atoms in total. The first-order chi connectivity index (χ1) is 31.4. The second-order valence-corrected chi connectivity index (χ2v) is 20.5. The van der Waals surface area contributed by atoms with E-state index in [0.29, 0.717) is 12.1 Å². The van der Waals surface area contributed by atoms with Crippen molar-refractivity contribution < 1.29 is 9.47 Å². The van der Waals surface area contributed by atoms with Gasteiger partial charge in [-0.3, -0.25) is 0 Å². The molecule has 8 heteroatoms. The number of aryl methyl sites for hydroxylation is 2. The number of nitrogens with zero attached hydrogens (tertiary/aromatic N) is 4. The Hall–Kier alpha value is -5.18. The summed E-state index contributed by atoms with van der Waals surface area (Å²) in [4.78, 5) is 15.7. The third kappa shape index (κ3) is 5.11. The molecule has 14 rings (SSSR count). The molecule has 4 aliphatic heterocycles. The molecule has 338 valence electrons. The summed E-state index contributed by atoms with van der Waals surface area (Å²) < 4.78 is 13.9. The average molecular weight is 869 g/mol. The Bertz CT molecular complexity index is 2950. The van der Waals surface area contributed by atoms with Crippen molar-refractivity contribution in [2.24, 2.45) is 10.8 Å². The van der Waals surface area contributed by atoms with E-state index in [1.54, 1.807) is 0 Å². The van der Waals surface area contributed by atoms with Crippen molar-refractivity contribution in [3.8, 4) is 11.5 Å². The van der Waals surface area contributed by atoms with Crippen molar-refractivity contribution in [3.63, 3.8) is 0 Å². The molecular formula is C57H68N6O2. The Kier molecular flexibility index (Phi) is 9.57. The van der Waals surface area contributed by atoms with Gasteiger partial charge in [0.2, 0.25) is 0 Å². The van der Waals surface area contributed by atoms with Gasteiger partial charge in [-0.25, -0.2) is 9.97 Å². The first-order valence-corrected chi connectivity index (χ1v) is 24.7. The minimum absolute atomic E-state index is 0.00653. The molecule has 2 fully saturated rings. The van der Waals surface area contributed by atoms with Crippen LogP contribution in [0.4, 0.5) is 11.4 Å². The van der Waals surface area contributed by atoms with Gasteiger partial charge in [-0.1, -0.05) is 102 Å². The molecule has 8 atom stereocenters. The van der Waals surface area contributed by atoms with Crippen molar-refractivity contribution in [1.82, 2.24) is 19.8 Å². The topological polar surface area (TPSA) is 88.8 Å². The molecule has 6 aromatic rings. The van der Waals surface area contributed by atoms with Crippen LogP contribution >= 0.6 is 0 Å². The molecule has 6 heterocycles. The van der Waals surface area contributed by atoms with E-state index in [4.69, 9.17) is 25.2 Å². The fraction of sp³-hybridized carbons (Fsp3) is 0.474. The van der Waals surface area contributed by atoms with Gasteiger partial charge in [0.15, 0.2) is 12.2 Å². The lowest BCUT2D eigenvalue weighted by Gasteiger charge is -2.64. The van der Waals surface area contributed by atoms with Crippen LogP contribution in [0.15, 0.2) is 72.8 Å². The lowest BCUT2D eigenvalue weighted by Crippen LogP contribution is -2.68. The lowest BCUT2D eigenvalue weighted by atomic mass is 9.44. The fourth-order valence-corrected chi connectivity index (χ4v) is 15.3. The van der Waals surface area contributed by atoms with E-state index in [9.17, 15) is 0 Å². The number of para-hydroxylation sites is 2. The van der Waals surface area contributed by atoms with E-state index in [1.807, 2.05) is 33.8 Å². The summed E-state index contributed by atoms with van der Waals surface area (Å²) in [6, 6.07) is 27.0. The Morgan fingerprint density at radius 2 is 1.08 bits per heavy atom. The van der Waals surface area contributed by atoms with Crippen molar-refractivity contribution in [2.45, 2.75) is 129 Å². The number of pyridine rings is 2. The van der Waals surface area contributed by atoms with Crippen LogP contribution in [-0.4, -0.2) is 66.1 Å². The minimum atomic E-state index is -0.0514. The van der Waals surface area contributed by atoms with Crippen LogP contribution in [0.1, 0.15) is 122 Å². The van der Waals surface area contributed by atoms with E-state index < -0.39 is 0 Å². The first-order valence-electron chi connectivity index (χ1n) is 24.7. The predicted octanol–water partition coefficient (Wildman–Crippen LogP) is 11.2. The van der Waals surface area contributed by atoms with E-state index in [2.05, 4.69) is 131 Å². The number of fused-ring (bicyclic) bond motifs is 6. The highest BCUT2D eigenvalue weighted by molar-refractivity contribution is 5.94. The quantitative estimate of drug-likeness (QED) is 0.169. The van der Waals surface area contributed by atoms with Crippen LogP contribution < -0.4 is 20.5 Å². The zero-order chi connectivity index (χ0) is 45.5. The second kappa shape index (κ2) is 14.7. The third-order valence-corrected chi connectivity index (χ3v) is 18.2. The van der Waals surface area contributed by atoms with Crippen LogP contribution in [0.3, 0.4) is 0 Å². The molecule has 2 saturated heterocycles. The smallest absolute Gasteiger partial charge is 0.151 e. The molecule has 0 unspecified atom stereocenters. The second-order valence-electron chi connectivity index (χ2n) is 20.5. The zero-order valence-corrected chi connectivity index (χ0v) is 40.6. The average Bonchev–Trinajstić information content (AvgIpc) is 3.87. The van der Waals surface area contributed by atoms with E-state index in [0.717, 1.165) is 96.6 Å². The monoisotopic (exact) mass is 869 g/mol. The highest BCUT2D eigenvalue weighted by Gasteiger charge is 2.72. The van der Waals surface area contributed by atoms with E-state index in [1.165, 1.54) is 55.6 Å². The summed E-state index contributed by atoms with van der Waals surface area (Å²) in [5.74, 6) is 2.26. The molecule has 2 spiro atoms. The van der Waals surface area contributed by atoms with Crippen molar-refractivity contribution in [1.29, 1.82) is 0 Å². The molecule has 4 bridgehead atoms. The maximum atomic E-state index is 6.98. The third-order valence-electron chi connectivity index (χ3n) is 18.2. The zero-order valence-electron chi connectivity index (χ0n) is 40.6. The number of hydrogen-bond donors (Lipinski definition) is 2. The number of nitrogen functional groups attached to an aromatic ring is 1. The summed E-state index contributed by atoms with van der Waals surface area (Å²) >= 11 is 0. The predicted molar refractivity (Wildman–Crippen MR) is 266 cm³/mol. The number of likely N-dealkylation sites (N-methyl/N-ethyl adjacent to an activating group) is 2. The summed E-state index contributed by atoms with van der Waals surface area (Å²) in [5, 5.41) is 5.83. The van der Waals surface area contributed by atoms with Gasteiger partial charge in [-0.05, 0) is 114 Å². The molecule has 4 aliphatic carbocycles. The van der Waals surface area contributed by atoms with Gasteiger partial charge >= 0.3 is 0 Å². The van der Waals surface area contributed by atoms with Gasteiger partial charge in [0.05, 0.1) is 33.3 Å². The number of nitrogens with one attached hydrogen (secondary N) is 1. The Balaban J connectivity index is 0.000000134. The highest BCUT2D eigenvalue weighted by atomic mass is 16.5. The van der Waals surface area contributed by atoms with Crippen LogP contribution in [0.2, 0.25) is 0 Å². The highest BCUT2D eigenvalue weighted by Crippen LogP contribution is 2.73. The molecular weight excluding hydrogens is 801 g/mol. The number of anilines is 2. The fourth-order valence-electron chi connectivity index (χ4n) is 15.3. The number of nitrogens with two attached hydrogens (primary N) is 1. The maximum Gasteiger partial charge on any atom is 0.151 e. The summed E-state index contributed by atoms with van der Waals surface area (Å²) in [5.41, 5.74) is 24.4. The van der Waals surface area contributed by atoms with E-state index >= 15 is 0 Å². The maximum absolute atomic E-state index is 6.98. The van der Waals surface area contributed by atoms with Gasteiger partial charge in [0.25, 0.3) is 0 Å². The normalized spacial score (nSPS) is 30.9. The molecule has 65 heavy (non-hydrogen) atoms. The molecule has 4 aromatic carbocycles. The number of benzene rings is 4. The molecule has 3 N–H and O–H groups in total. The number of aromatic nitrogens is 2. The van der Waals surface area contributed by atoms with Gasteiger partial charge in [0.1, 0.15) is 11.5 Å². The number of piperidine rings is 2. The first kappa shape index (κ1) is 42.5. The van der Waals surface area contributed by atoms with Gasteiger partial charge in [-0.15, -0.1) is 0 Å². The molecule has 2 aromatic heterocycles. The van der Waals surface area contributed by atoms with Crippen molar-refractivity contribution >= 4 is 33.2 Å². The van der Waals surface area contributed by atoms with Crippen molar-refractivity contribution in [3.05, 3.63) is 129 Å². The van der Waals surface area contributed by atoms with Gasteiger partial charge in [0, 0.05) is 74.4 Å². The summed E-state index contributed by atoms with van der Waals surface area (Å²) in [6.07, 6.45) is 6.38. The number of ether oxygens (including phenoxy) is 2. The Labute approximate surface area is 386 Å². The standard InChI is InChI=1S/C27H29N3O.C26H27N3O.2C2H6/c1-15-9-10-16-13-20-26(2)14-18-22(28-3)17-7-5-6-8-19(17)29-23(18)25-27(26,11-12-30(20)4)21(16)24(15)31-25;1-14-8-9-15-12-19-25(2)13-17-21(27)16-6-4-5-7-18(16)28-22(17)24-26(25,10-11-29(19)3)20(15)23(14)30-24;2*1-2/h5-10,20,25H,11-14H2,1-4H3,(H,28,29);4-9,19,24H,10-13H2,1-3H3,(H2,27,28);2*1-2H3/t20-,25+,26+,27+;19-,24+,25+,26+;;/m11../s1. The van der Waals surface area contributed by atoms with Crippen LogP contribution in [-0.2, 0) is 36.5 Å².